The van der Waals surface area contributed by atoms with Gasteiger partial charge in [-0.3, -0.25) is 9.48 Å². The fourth-order valence-corrected chi connectivity index (χ4v) is 3.69. The van der Waals surface area contributed by atoms with Gasteiger partial charge in [-0.2, -0.15) is 10.1 Å². The fraction of sp³-hybridized carbons (Fsp3) is 0.214. The lowest BCUT2D eigenvalue weighted by Gasteiger charge is -1.99. The zero-order valence-electron chi connectivity index (χ0n) is 11.6. The number of nitrogens with zero attached hydrogens (tertiary/aromatic N) is 4. The van der Waals surface area contributed by atoms with Crippen molar-refractivity contribution in [1.82, 2.24) is 14.3 Å². The van der Waals surface area contributed by atoms with E-state index >= 15 is 0 Å². The highest BCUT2D eigenvalue weighted by Crippen LogP contribution is 2.21. The number of amides is 1. The molecule has 7 heteroatoms. The summed E-state index contributed by atoms with van der Waals surface area (Å²) in [5, 5.41) is 4.10. The van der Waals surface area contributed by atoms with Crippen LogP contribution in [0.25, 0.3) is 10.2 Å². The van der Waals surface area contributed by atoms with Gasteiger partial charge in [-0.1, -0.05) is 27.3 Å². The van der Waals surface area contributed by atoms with Crippen LogP contribution in [0.1, 0.15) is 17.4 Å². The minimum absolute atomic E-state index is 0.268. The van der Waals surface area contributed by atoms with E-state index in [4.69, 9.17) is 0 Å². The summed E-state index contributed by atoms with van der Waals surface area (Å²) < 4.78 is 5.67. The zero-order chi connectivity index (χ0) is 15.0. The molecule has 0 bridgehead atoms. The van der Waals surface area contributed by atoms with Gasteiger partial charge in [0.25, 0.3) is 5.91 Å². The van der Waals surface area contributed by atoms with Crippen molar-refractivity contribution >= 4 is 43.4 Å². The van der Waals surface area contributed by atoms with Gasteiger partial charge in [0.2, 0.25) is 0 Å². The van der Waals surface area contributed by atoms with Gasteiger partial charge in [-0.15, -0.1) is 0 Å². The Bertz CT molecular complexity index is 890. The molecule has 5 nitrogen and oxygen atoms in total. The van der Waals surface area contributed by atoms with Crippen LogP contribution < -0.4 is 4.80 Å². The monoisotopic (exact) mass is 364 g/mol. The van der Waals surface area contributed by atoms with Crippen molar-refractivity contribution in [2.24, 2.45) is 12.0 Å². The average Bonchev–Trinajstić information content (AvgIpc) is 3.04. The van der Waals surface area contributed by atoms with Crippen LogP contribution in [-0.4, -0.2) is 20.3 Å². The summed E-state index contributed by atoms with van der Waals surface area (Å²) in [6.07, 6.45) is 1.62. The standard InChI is InChI=1S/C14H13BrN4OS/c1-3-19-11(6-7-16-19)13(20)17-14-18(2)10-5-4-9(15)8-12(10)21-14/h4-8H,3H2,1-2H3. The molecule has 0 fully saturated rings. The minimum atomic E-state index is -0.268. The number of hydrogen-bond donors (Lipinski definition) is 0. The number of carbonyl (C=O) groups is 1. The van der Waals surface area contributed by atoms with Gasteiger partial charge in [0.05, 0.1) is 10.2 Å². The molecular weight excluding hydrogens is 352 g/mol. The maximum Gasteiger partial charge on any atom is 0.297 e. The molecule has 0 aliphatic carbocycles. The smallest absolute Gasteiger partial charge is 0.297 e. The van der Waals surface area contributed by atoms with Crippen LogP contribution in [-0.2, 0) is 13.6 Å². The Kier molecular flexibility index (Phi) is 3.77. The highest BCUT2D eigenvalue weighted by Gasteiger charge is 2.11. The molecule has 0 saturated carbocycles. The summed E-state index contributed by atoms with van der Waals surface area (Å²) in [5.74, 6) is -0.268. The third kappa shape index (κ3) is 2.58. The predicted molar refractivity (Wildman–Crippen MR) is 86.3 cm³/mol. The number of benzene rings is 1. The van der Waals surface area contributed by atoms with Crippen LogP contribution in [0.4, 0.5) is 0 Å². The van der Waals surface area contributed by atoms with Crippen molar-refractivity contribution in [2.75, 3.05) is 0 Å². The summed E-state index contributed by atoms with van der Waals surface area (Å²) in [7, 11) is 1.91. The number of carbonyl (C=O) groups excluding carboxylic acids is 1. The van der Waals surface area contributed by atoms with E-state index in [-0.39, 0.29) is 5.91 Å². The van der Waals surface area contributed by atoms with Gasteiger partial charge in [0.15, 0.2) is 4.80 Å². The van der Waals surface area contributed by atoms with E-state index in [2.05, 4.69) is 26.0 Å². The van der Waals surface area contributed by atoms with Crippen LogP contribution in [0.5, 0.6) is 0 Å². The molecule has 0 saturated heterocycles. The molecule has 2 aromatic heterocycles. The van der Waals surface area contributed by atoms with Gasteiger partial charge < -0.3 is 4.57 Å². The predicted octanol–water partition coefficient (Wildman–Crippen LogP) is 2.96. The molecule has 0 spiro atoms. The number of rotatable bonds is 2. The van der Waals surface area contributed by atoms with E-state index in [1.165, 1.54) is 11.3 Å². The van der Waals surface area contributed by atoms with Crippen LogP contribution >= 0.6 is 27.3 Å². The van der Waals surface area contributed by atoms with Crippen LogP contribution in [0.2, 0.25) is 0 Å². The second-order valence-electron chi connectivity index (χ2n) is 4.50. The van der Waals surface area contributed by atoms with E-state index in [0.29, 0.717) is 17.0 Å². The van der Waals surface area contributed by atoms with Gasteiger partial charge >= 0.3 is 0 Å². The quantitative estimate of drug-likeness (QED) is 0.701. The molecule has 3 aromatic rings. The molecular formula is C14H13BrN4OS. The molecule has 0 unspecified atom stereocenters. The Morgan fingerprint density at radius 1 is 1.43 bits per heavy atom. The molecule has 0 atom stereocenters. The summed E-state index contributed by atoms with van der Waals surface area (Å²) in [6, 6.07) is 7.71. The lowest BCUT2D eigenvalue weighted by Crippen LogP contribution is -2.15. The Labute approximate surface area is 133 Å². The van der Waals surface area contributed by atoms with E-state index in [0.717, 1.165) is 14.7 Å². The first-order chi connectivity index (χ1) is 10.1. The third-order valence-corrected chi connectivity index (χ3v) is 4.79. The number of halogens is 1. The molecule has 1 aromatic carbocycles. The minimum Gasteiger partial charge on any atom is -0.319 e. The first-order valence-electron chi connectivity index (χ1n) is 6.46. The summed E-state index contributed by atoms with van der Waals surface area (Å²) in [4.78, 5) is 17.2. The molecule has 0 N–H and O–H groups in total. The van der Waals surface area contributed by atoms with E-state index in [9.17, 15) is 4.79 Å². The van der Waals surface area contributed by atoms with Crippen molar-refractivity contribution in [3.05, 3.63) is 45.4 Å². The topological polar surface area (TPSA) is 52.2 Å². The fourth-order valence-electron chi connectivity index (χ4n) is 2.12. The second kappa shape index (κ2) is 5.57. The van der Waals surface area contributed by atoms with Crippen LogP contribution in [0.3, 0.4) is 0 Å². The van der Waals surface area contributed by atoms with Crippen molar-refractivity contribution < 1.29 is 4.79 Å². The Hall–Kier alpha value is -1.73. The van der Waals surface area contributed by atoms with Crippen molar-refractivity contribution in [3.8, 4) is 0 Å². The normalized spacial score (nSPS) is 12.2. The van der Waals surface area contributed by atoms with E-state index in [1.807, 2.05) is 36.7 Å². The lowest BCUT2D eigenvalue weighted by molar-refractivity contribution is 0.0988. The summed E-state index contributed by atoms with van der Waals surface area (Å²) in [6.45, 7) is 2.59. The highest BCUT2D eigenvalue weighted by molar-refractivity contribution is 9.10. The SMILES string of the molecule is CCn1nccc1C(=O)N=c1sc2cc(Br)ccc2n1C. The van der Waals surface area contributed by atoms with E-state index < -0.39 is 0 Å². The summed E-state index contributed by atoms with van der Waals surface area (Å²) in [5.41, 5.74) is 1.56. The molecule has 0 aliphatic rings. The third-order valence-electron chi connectivity index (χ3n) is 3.20. The number of hydrogen-bond acceptors (Lipinski definition) is 3. The summed E-state index contributed by atoms with van der Waals surface area (Å²) >= 11 is 4.95. The van der Waals surface area contributed by atoms with Gasteiger partial charge in [-0.05, 0) is 31.2 Å². The maximum absolute atomic E-state index is 12.3. The van der Waals surface area contributed by atoms with Crippen molar-refractivity contribution in [3.63, 3.8) is 0 Å². The molecule has 3 rings (SSSR count). The average molecular weight is 365 g/mol. The molecule has 21 heavy (non-hydrogen) atoms. The number of thiazole rings is 1. The first-order valence-corrected chi connectivity index (χ1v) is 8.07. The van der Waals surface area contributed by atoms with Crippen LogP contribution in [0, 0.1) is 0 Å². The Morgan fingerprint density at radius 3 is 3.00 bits per heavy atom. The van der Waals surface area contributed by atoms with Gasteiger partial charge in [0, 0.05) is 24.3 Å². The Balaban J connectivity index is 2.11. The molecule has 0 radical (unpaired) electrons. The second-order valence-corrected chi connectivity index (χ2v) is 6.43. The lowest BCUT2D eigenvalue weighted by atomic mass is 10.3. The number of fused-ring (bicyclic) bond motifs is 1. The van der Waals surface area contributed by atoms with Gasteiger partial charge in [0.1, 0.15) is 5.69 Å². The number of aryl methyl sites for hydroxylation is 2. The molecule has 0 aliphatic heterocycles. The number of aromatic nitrogens is 3. The molecule has 2 heterocycles. The van der Waals surface area contributed by atoms with Crippen molar-refractivity contribution in [2.45, 2.75) is 13.5 Å². The zero-order valence-corrected chi connectivity index (χ0v) is 14.0. The Morgan fingerprint density at radius 2 is 2.24 bits per heavy atom. The first kappa shape index (κ1) is 14.2. The largest absolute Gasteiger partial charge is 0.319 e. The molecule has 1 amide bonds. The van der Waals surface area contributed by atoms with Crippen LogP contribution in [0.15, 0.2) is 39.9 Å². The van der Waals surface area contributed by atoms with Crippen molar-refractivity contribution in [1.29, 1.82) is 0 Å². The van der Waals surface area contributed by atoms with Gasteiger partial charge in [-0.25, -0.2) is 0 Å². The van der Waals surface area contributed by atoms with E-state index in [1.54, 1.807) is 16.9 Å². The maximum atomic E-state index is 12.3. The highest BCUT2D eigenvalue weighted by atomic mass is 79.9. The molecule has 108 valence electrons.